The van der Waals surface area contributed by atoms with Gasteiger partial charge in [-0.3, -0.25) is 4.98 Å². The average molecular weight is 374 g/mol. The predicted molar refractivity (Wildman–Crippen MR) is 111 cm³/mol. The molecule has 142 valence electrons. The molecule has 0 aliphatic carbocycles. The molecule has 0 saturated heterocycles. The molecule has 0 unspecified atom stereocenters. The molecule has 1 aliphatic rings. The van der Waals surface area contributed by atoms with E-state index in [9.17, 15) is 5.26 Å². The number of fused-ring (bicyclic) bond motifs is 2. The minimum Gasteiger partial charge on any atom is -0.490 e. The lowest BCUT2D eigenvalue weighted by Gasteiger charge is -2.16. The zero-order valence-corrected chi connectivity index (χ0v) is 16.0. The minimum atomic E-state index is 0.479. The Morgan fingerprint density at radius 1 is 1.18 bits per heavy atom. The van der Waals surface area contributed by atoms with Crippen molar-refractivity contribution in [1.29, 1.82) is 5.26 Å². The smallest absolute Gasteiger partial charge is 0.187 e. The van der Waals surface area contributed by atoms with Crippen LogP contribution in [0.15, 0.2) is 36.5 Å². The summed E-state index contributed by atoms with van der Waals surface area (Å²) in [5.74, 6) is 1.26. The summed E-state index contributed by atoms with van der Waals surface area (Å²) in [6, 6.07) is 12.3. The van der Waals surface area contributed by atoms with Crippen LogP contribution in [0.1, 0.15) is 25.0 Å². The number of hydrogen-bond acceptors (Lipinski definition) is 6. The molecule has 1 aromatic heterocycles. The van der Waals surface area contributed by atoms with E-state index in [1.54, 1.807) is 6.20 Å². The van der Waals surface area contributed by atoms with Crippen LogP contribution in [0.5, 0.6) is 11.5 Å². The molecule has 0 spiro atoms. The minimum absolute atomic E-state index is 0.479. The number of nitrogens with one attached hydrogen (secondary N) is 2. The van der Waals surface area contributed by atoms with Crippen molar-refractivity contribution in [3.63, 3.8) is 0 Å². The third-order valence-electron chi connectivity index (χ3n) is 4.75. The number of pyridine rings is 1. The molecular weight excluding hydrogens is 352 g/mol. The monoisotopic (exact) mass is 374 g/mol. The fourth-order valence-electron chi connectivity index (χ4n) is 3.51. The van der Waals surface area contributed by atoms with E-state index in [0.29, 0.717) is 35.8 Å². The van der Waals surface area contributed by atoms with Gasteiger partial charge >= 0.3 is 0 Å². The second kappa shape index (κ2) is 7.65. The van der Waals surface area contributed by atoms with Crippen LogP contribution >= 0.6 is 0 Å². The van der Waals surface area contributed by atoms with E-state index in [-0.39, 0.29) is 0 Å². The highest BCUT2D eigenvalue weighted by molar-refractivity contribution is 6.00. The van der Waals surface area contributed by atoms with Gasteiger partial charge in [-0.1, -0.05) is 6.07 Å². The van der Waals surface area contributed by atoms with Crippen LogP contribution < -0.4 is 20.1 Å². The Bertz CT molecular complexity index is 1070. The van der Waals surface area contributed by atoms with Crippen LogP contribution in [0.2, 0.25) is 0 Å². The molecule has 1 aliphatic heterocycles. The lowest BCUT2D eigenvalue weighted by molar-refractivity contribution is 0.290. The molecule has 2 N–H and O–H groups in total. The first-order chi connectivity index (χ1) is 13.7. The van der Waals surface area contributed by atoms with Gasteiger partial charge in [0, 0.05) is 29.5 Å². The van der Waals surface area contributed by atoms with Crippen molar-refractivity contribution < 1.29 is 9.47 Å². The molecule has 28 heavy (non-hydrogen) atoms. The summed E-state index contributed by atoms with van der Waals surface area (Å²) in [5, 5.41) is 17.2. The van der Waals surface area contributed by atoms with E-state index < -0.39 is 0 Å². The molecule has 0 radical (unpaired) electrons. The maximum Gasteiger partial charge on any atom is 0.187 e. The molecule has 6 heteroatoms. The van der Waals surface area contributed by atoms with Gasteiger partial charge in [0.1, 0.15) is 11.6 Å². The van der Waals surface area contributed by atoms with Crippen LogP contribution in [-0.2, 0) is 6.42 Å². The number of ether oxygens (including phenoxy) is 2. The van der Waals surface area contributed by atoms with Crippen molar-refractivity contribution >= 4 is 28.0 Å². The first-order valence-electron chi connectivity index (χ1n) is 9.50. The molecule has 0 bridgehead atoms. The van der Waals surface area contributed by atoms with Crippen molar-refractivity contribution in [2.24, 2.45) is 0 Å². The van der Waals surface area contributed by atoms with Crippen molar-refractivity contribution in [2.45, 2.75) is 20.3 Å². The van der Waals surface area contributed by atoms with Crippen LogP contribution in [0.25, 0.3) is 10.9 Å². The fourth-order valence-corrected chi connectivity index (χ4v) is 3.51. The van der Waals surface area contributed by atoms with E-state index in [1.807, 2.05) is 32.0 Å². The SMILES string of the molecule is CCOc1ccc2c(Nc3ccc4c(c3)NCC4)c(C#N)cnc2c1OCC. The highest BCUT2D eigenvalue weighted by Gasteiger charge is 2.17. The second-order valence-corrected chi connectivity index (χ2v) is 6.49. The van der Waals surface area contributed by atoms with E-state index in [4.69, 9.17) is 9.47 Å². The summed E-state index contributed by atoms with van der Waals surface area (Å²) in [6.45, 7) is 5.85. The Hall–Kier alpha value is -3.46. The molecule has 6 nitrogen and oxygen atoms in total. The fraction of sp³-hybridized carbons (Fsp3) is 0.273. The van der Waals surface area contributed by atoms with Crippen molar-refractivity contribution in [1.82, 2.24) is 4.98 Å². The molecule has 3 aromatic rings. The number of hydrogen-bond donors (Lipinski definition) is 2. The van der Waals surface area contributed by atoms with Gasteiger partial charge in [-0.2, -0.15) is 5.26 Å². The Morgan fingerprint density at radius 3 is 2.82 bits per heavy atom. The second-order valence-electron chi connectivity index (χ2n) is 6.49. The van der Waals surface area contributed by atoms with Crippen molar-refractivity contribution in [3.8, 4) is 17.6 Å². The van der Waals surface area contributed by atoms with Crippen LogP contribution in [0.3, 0.4) is 0 Å². The van der Waals surface area contributed by atoms with E-state index in [0.717, 1.165) is 35.4 Å². The largest absolute Gasteiger partial charge is 0.490 e. The molecule has 0 amide bonds. The standard InChI is InChI=1S/C22H22N4O2/c1-3-27-19-8-7-17-20(15(12-23)13-25-21(17)22(19)28-4-2)26-16-6-5-14-9-10-24-18(14)11-16/h5-8,11,13,24H,3-4,9-10H2,1-2H3,(H,25,26). The Morgan fingerprint density at radius 2 is 2.04 bits per heavy atom. The zero-order valence-electron chi connectivity index (χ0n) is 16.0. The third kappa shape index (κ3) is 3.16. The highest BCUT2D eigenvalue weighted by atomic mass is 16.5. The van der Waals surface area contributed by atoms with E-state index in [1.165, 1.54) is 5.56 Å². The summed E-state index contributed by atoms with van der Waals surface area (Å²) in [6.07, 6.45) is 2.61. The van der Waals surface area contributed by atoms with Gasteiger partial charge in [0.2, 0.25) is 0 Å². The predicted octanol–water partition coefficient (Wildman–Crippen LogP) is 4.62. The molecular formula is C22H22N4O2. The Balaban J connectivity index is 1.84. The summed E-state index contributed by atoms with van der Waals surface area (Å²) < 4.78 is 11.5. The topological polar surface area (TPSA) is 79.2 Å². The lowest BCUT2D eigenvalue weighted by Crippen LogP contribution is -2.02. The normalized spacial score (nSPS) is 12.2. The van der Waals surface area contributed by atoms with Crippen LogP contribution in [-0.4, -0.2) is 24.7 Å². The van der Waals surface area contributed by atoms with Gasteiger partial charge in [0.05, 0.1) is 24.5 Å². The van der Waals surface area contributed by atoms with Gasteiger partial charge in [-0.15, -0.1) is 0 Å². The number of aromatic nitrogens is 1. The van der Waals surface area contributed by atoms with Gasteiger partial charge in [-0.25, -0.2) is 0 Å². The molecule has 0 atom stereocenters. The van der Waals surface area contributed by atoms with E-state index >= 15 is 0 Å². The Labute approximate surface area is 164 Å². The average Bonchev–Trinajstić information content (AvgIpc) is 3.18. The van der Waals surface area contributed by atoms with E-state index in [2.05, 4.69) is 33.8 Å². The van der Waals surface area contributed by atoms with Gasteiger partial charge in [0.15, 0.2) is 11.5 Å². The summed E-state index contributed by atoms with van der Waals surface area (Å²) in [5.41, 5.74) is 5.24. The van der Waals surface area contributed by atoms with Gasteiger partial charge < -0.3 is 20.1 Å². The number of nitriles is 1. The summed E-state index contributed by atoms with van der Waals surface area (Å²) in [4.78, 5) is 4.49. The quantitative estimate of drug-likeness (QED) is 0.656. The molecule has 4 rings (SSSR count). The summed E-state index contributed by atoms with van der Waals surface area (Å²) in [7, 11) is 0. The molecule has 2 heterocycles. The lowest BCUT2D eigenvalue weighted by atomic mass is 10.1. The number of nitrogens with zero attached hydrogens (tertiary/aromatic N) is 2. The number of rotatable bonds is 6. The first-order valence-corrected chi connectivity index (χ1v) is 9.50. The van der Waals surface area contributed by atoms with Crippen molar-refractivity contribution in [3.05, 3.63) is 47.7 Å². The maximum absolute atomic E-state index is 9.62. The molecule has 0 saturated carbocycles. The van der Waals surface area contributed by atoms with Gasteiger partial charge in [0.25, 0.3) is 0 Å². The summed E-state index contributed by atoms with van der Waals surface area (Å²) >= 11 is 0. The van der Waals surface area contributed by atoms with Crippen LogP contribution in [0.4, 0.5) is 17.1 Å². The molecule has 2 aromatic carbocycles. The van der Waals surface area contributed by atoms with Gasteiger partial charge in [-0.05, 0) is 50.1 Å². The maximum atomic E-state index is 9.62. The number of benzene rings is 2. The third-order valence-corrected chi connectivity index (χ3v) is 4.75. The molecule has 0 fully saturated rings. The first kappa shape index (κ1) is 17.9. The Kier molecular flexibility index (Phi) is 4.90. The zero-order chi connectivity index (χ0) is 19.5. The van der Waals surface area contributed by atoms with Crippen LogP contribution in [0, 0.1) is 11.3 Å². The number of anilines is 3. The highest BCUT2D eigenvalue weighted by Crippen LogP contribution is 2.39. The van der Waals surface area contributed by atoms with Crippen molar-refractivity contribution in [2.75, 3.05) is 30.4 Å².